The number of aryl methyl sites for hydroxylation is 2. The van der Waals surface area contributed by atoms with Crippen molar-refractivity contribution < 1.29 is 14.7 Å². The highest BCUT2D eigenvalue weighted by Gasteiger charge is 2.39. The quantitative estimate of drug-likeness (QED) is 0.881. The van der Waals surface area contributed by atoms with Crippen LogP contribution in [-0.2, 0) is 4.79 Å². The molecule has 19 heavy (non-hydrogen) atoms. The van der Waals surface area contributed by atoms with Crippen LogP contribution in [0.15, 0.2) is 6.07 Å². The second kappa shape index (κ2) is 4.95. The van der Waals surface area contributed by atoms with Crippen LogP contribution < -0.4 is 0 Å². The van der Waals surface area contributed by atoms with Crippen molar-refractivity contribution in [3.63, 3.8) is 0 Å². The number of hydrogen-bond acceptors (Lipinski definition) is 4. The number of carbonyl (C=O) groups is 2. The topological polar surface area (TPSA) is 83.4 Å². The molecule has 1 saturated carbocycles. The van der Waals surface area contributed by atoms with Gasteiger partial charge in [0, 0.05) is 11.7 Å². The van der Waals surface area contributed by atoms with E-state index in [4.69, 9.17) is 5.11 Å². The van der Waals surface area contributed by atoms with Crippen molar-refractivity contribution in [2.45, 2.75) is 45.7 Å². The van der Waals surface area contributed by atoms with Gasteiger partial charge < -0.3 is 10.0 Å². The van der Waals surface area contributed by atoms with E-state index in [-0.39, 0.29) is 17.6 Å². The van der Waals surface area contributed by atoms with Crippen molar-refractivity contribution in [3.05, 3.63) is 23.3 Å². The molecule has 0 aromatic carbocycles. The molecule has 1 fully saturated rings. The van der Waals surface area contributed by atoms with Crippen LogP contribution in [0.3, 0.4) is 0 Å². The molecule has 0 spiro atoms. The second-order valence-electron chi connectivity index (χ2n) is 4.90. The molecule has 1 amide bonds. The highest BCUT2D eigenvalue weighted by atomic mass is 16.4. The predicted octanol–water partition coefficient (Wildman–Crippen LogP) is 1.17. The zero-order valence-corrected chi connectivity index (χ0v) is 11.3. The highest BCUT2D eigenvalue weighted by Crippen LogP contribution is 2.30. The Balaban J connectivity index is 2.31. The SMILES string of the molecule is Cc1cc(C(=O)N(C2CC2)C(C)C(=O)O)nc(C)n1. The molecule has 1 aliphatic rings. The molecule has 0 bridgehead atoms. The summed E-state index contributed by atoms with van der Waals surface area (Å²) in [4.78, 5) is 33.2. The molecular formula is C13H17N3O3. The lowest BCUT2D eigenvalue weighted by Crippen LogP contribution is -2.45. The molecule has 0 aliphatic heterocycles. The van der Waals surface area contributed by atoms with Crippen molar-refractivity contribution in [2.24, 2.45) is 0 Å². The van der Waals surface area contributed by atoms with Gasteiger partial charge in [-0.1, -0.05) is 0 Å². The summed E-state index contributed by atoms with van der Waals surface area (Å²) in [6.07, 6.45) is 1.71. The molecule has 1 heterocycles. The maximum absolute atomic E-state index is 12.4. The molecule has 1 aromatic rings. The summed E-state index contributed by atoms with van der Waals surface area (Å²) in [6, 6.07) is 0.781. The summed E-state index contributed by atoms with van der Waals surface area (Å²) < 4.78 is 0. The zero-order chi connectivity index (χ0) is 14.2. The fourth-order valence-corrected chi connectivity index (χ4v) is 2.09. The van der Waals surface area contributed by atoms with E-state index in [0.29, 0.717) is 11.5 Å². The minimum Gasteiger partial charge on any atom is -0.480 e. The first kappa shape index (κ1) is 13.5. The number of carbonyl (C=O) groups excluding carboxylic acids is 1. The summed E-state index contributed by atoms with van der Waals surface area (Å²) in [5.74, 6) is -0.809. The molecule has 6 nitrogen and oxygen atoms in total. The van der Waals surface area contributed by atoms with Gasteiger partial charge >= 0.3 is 5.97 Å². The molecule has 1 aromatic heterocycles. The van der Waals surface area contributed by atoms with Gasteiger partial charge in [0.15, 0.2) is 0 Å². The van der Waals surface area contributed by atoms with Gasteiger partial charge in [0.05, 0.1) is 0 Å². The van der Waals surface area contributed by atoms with Crippen LogP contribution in [-0.4, -0.2) is 43.9 Å². The maximum Gasteiger partial charge on any atom is 0.326 e. The van der Waals surface area contributed by atoms with E-state index in [1.54, 1.807) is 19.9 Å². The Hall–Kier alpha value is -1.98. The number of carboxylic acid groups (broad SMARTS) is 1. The van der Waals surface area contributed by atoms with Crippen LogP contribution in [0.1, 0.15) is 41.8 Å². The summed E-state index contributed by atoms with van der Waals surface area (Å²) >= 11 is 0. The summed E-state index contributed by atoms with van der Waals surface area (Å²) in [5.41, 5.74) is 0.972. The Morgan fingerprint density at radius 3 is 2.47 bits per heavy atom. The Labute approximate surface area is 111 Å². The van der Waals surface area contributed by atoms with Crippen molar-refractivity contribution in [3.8, 4) is 0 Å². The first-order valence-corrected chi connectivity index (χ1v) is 6.28. The Kier molecular flexibility index (Phi) is 3.50. The minimum atomic E-state index is -0.997. The van der Waals surface area contributed by atoms with Gasteiger partial charge in [0.1, 0.15) is 17.6 Å². The first-order valence-electron chi connectivity index (χ1n) is 6.28. The molecule has 0 radical (unpaired) electrons. The molecule has 0 saturated heterocycles. The van der Waals surface area contributed by atoms with Crippen LogP contribution in [0.5, 0.6) is 0 Å². The van der Waals surface area contributed by atoms with Crippen LogP contribution in [0.2, 0.25) is 0 Å². The third-order valence-corrected chi connectivity index (χ3v) is 3.13. The maximum atomic E-state index is 12.4. The van der Waals surface area contributed by atoms with Gasteiger partial charge in [-0.25, -0.2) is 14.8 Å². The third-order valence-electron chi connectivity index (χ3n) is 3.13. The number of hydrogen-bond donors (Lipinski definition) is 1. The molecule has 1 N–H and O–H groups in total. The minimum absolute atomic E-state index is 0.0224. The average Bonchev–Trinajstić information content (AvgIpc) is 3.12. The number of carboxylic acids is 1. The van der Waals surface area contributed by atoms with Gasteiger partial charge in [-0.05, 0) is 39.7 Å². The number of aliphatic carboxylic acids is 1. The molecule has 1 unspecified atom stereocenters. The molecule has 102 valence electrons. The van der Waals surface area contributed by atoms with Gasteiger partial charge in [0.2, 0.25) is 0 Å². The number of rotatable bonds is 4. The van der Waals surface area contributed by atoms with Crippen molar-refractivity contribution >= 4 is 11.9 Å². The second-order valence-corrected chi connectivity index (χ2v) is 4.90. The average molecular weight is 263 g/mol. The molecule has 2 rings (SSSR count). The lowest BCUT2D eigenvalue weighted by Gasteiger charge is -2.26. The lowest BCUT2D eigenvalue weighted by atomic mass is 10.2. The summed E-state index contributed by atoms with van der Waals surface area (Å²) in [5, 5.41) is 9.11. The largest absolute Gasteiger partial charge is 0.480 e. The number of amides is 1. The number of nitrogens with zero attached hydrogens (tertiary/aromatic N) is 3. The molecular weight excluding hydrogens is 246 g/mol. The Morgan fingerprint density at radius 2 is 2.00 bits per heavy atom. The van der Waals surface area contributed by atoms with E-state index in [1.807, 2.05) is 0 Å². The Bertz CT molecular complexity index is 506. The molecule has 1 atom stereocenters. The van der Waals surface area contributed by atoms with Gasteiger partial charge in [-0.15, -0.1) is 0 Å². The monoisotopic (exact) mass is 263 g/mol. The standard InChI is InChI=1S/C13H17N3O3/c1-7-6-11(15-9(3)14-7)12(17)16(10-4-5-10)8(2)13(18)19/h6,8,10H,4-5H2,1-3H3,(H,18,19). The van der Waals surface area contributed by atoms with Crippen LogP contribution >= 0.6 is 0 Å². The summed E-state index contributed by atoms with van der Waals surface area (Å²) in [6.45, 7) is 5.03. The molecule has 1 aliphatic carbocycles. The van der Waals surface area contributed by atoms with Gasteiger partial charge in [-0.3, -0.25) is 4.79 Å². The van der Waals surface area contributed by atoms with Crippen molar-refractivity contribution in [2.75, 3.05) is 0 Å². The predicted molar refractivity (Wildman–Crippen MR) is 67.8 cm³/mol. The van der Waals surface area contributed by atoms with E-state index in [2.05, 4.69) is 9.97 Å². The van der Waals surface area contributed by atoms with E-state index in [0.717, 1.165) is 12.8 Å². The summed E-state index contributed by atoms with van der Waals surface area (Å²) in [7, 11) is 0. The fraction of sp³-hybridized carbons (Fsp3) is 0.538. The Morgan fingerprint density at radius 1 is 1.37 bits per heavy atom. The van der Waals surface area contributed by atoms with Gasteiger partial charge in [-0.2, -0.15) is 0 Å². The van der Waals surface area contributed by atoms with E-state index in [9.17, 15) is 9.59 Å². The third kappa shape index (κ3) is 2.89. The van der Waals surface area contributed by atoms with Crippen molar-refractivity contribution in [1.82, 2.24) is 14.9 Å². The van der Waals surface area contributed by atoms with Crippen LogP contribution in [0, 0.1) is 13.8 Å². The normalized spacial score (nSPS) is 15.9. The van der Waals surface area contributed by atoms with E-state index < -0.39 is 12.0 Å². The highest BCUT2D eigenvalue weighted by molar-refractivity contribution is 5.95. The fourth-order valence-electron chi connectivity index (χ4n) is 2.09. The van der Waals surface area contributed by atoms with Gasteiger partial charge in [0.25, 0.3) is 5.91 Å². The first-order chi connectivity index (χ1) is 8.90. The number of aromatic nitrogens is 2. The van der Waals surface area contributed by atoms with Crippen LogP contribution in [0.25, 0.3) is 0 Å². The smallest absolute Gasteiger partial charge is 0.326 e. The van der Waals surface area contributed by atoms with E-state index in [1.165, 1.54) is 11.8 Å². The lowest BCUT2D eigenvalue weighted by molar-refractivity contribution is -0.141. The zero-order valence-electron chi connectivity index (χ0n) is 11.3. The van der Waals surface area contributed by atoms with Crippen molar-refractivity contribution in [1.29, 1.82) is 0 Å². The van der Waals surface area contributed by atoms with Crippen LogP contribution in [0.4, 0.5) is 0 Å². The van der Waals surface area contributed by atoms with E-state index >= 15 is 0 Å². The molecule has 6 heteroatoms.